The van der Waals surface area contributed by atoms with Gasteiger partial charge in [0.2, 0.25) is 0 Å². The Hall–Kier alpha value is -3.32. The van der Waals surface area contributed by atoms with E-state index in [1.807, 2.05) is 54.6 Å². The molecule has 1 amide bonds. The van der Waals surface area contributed by atoms with E-state index in [4.69, 9.17) is 27.9 Å². The molecule has 0 bridgehead atoms. The number of hydrogen-bond acceptors (Lipinski definition) is 4. The molecule has 168 valence electrons. The maximum Gasteiger partial charge on any atom is 0.272 e. The van der Waals surface area contributed by atoms with E-state index in [1.165, 1.54) is 0 Å². The third kappa shape index (κ3) is 5.03. The number of carbonyl (C=O) groups is 1. The summed E-state index contributed by atoms with van der Waals surface area (Å²) in [6.45, 7) is -0.245. The molecule has 0 aliphatic rings. The molecule has 0 radical (unpaired) electrons. The Morgan fingerprint density at radius 3 is 2.45 bits per heavy atom. The first-order chi connectivity index (χ1) is 16.0. The van der Waals surface area contributed by atoms with Crippen molar-refractivity contribution in [3.63, 3.8) is 0 Å². The molecule has 6 nitrogen and oxygen atoms in total. The number of aliphatic hydroxyl groups is 1. The van der Waals surface area contributed by atoms with E-state index in [9.17, 15) is 9.90 Å². The Labute approximate surface area is 201 Å². The second-order valence-corrected chi connectivity index (χ2v) is 8.10. The number of nitrogens with zero attached hydrogens (tertiary/aromatic N) is 2. The predicted molar refractivity (Wildman–Crippen MR) is 129 cm³/mol. The second kappa shape index (κ2) is 10.1. The Bertz CT molecular complexity index is 1260. The Balaban J connectivity index is 1.74. The van der Waals surface area contributed by atoms with Crippen LogP contribution in [0.2, 0.25) is 10.0 Å². The van der Waals surface area contributed by atoms with Crippen LogP contribution in [0, 0.1) is 0 Å². The van der Waals surface area contributed by atoms with Gasteiger partial charge in [0.25, 0.3) is 5.91 Å². The highest BCUT2D eigenvalue weighted by Crippen LogP contribution is 2.32. The Morgan fingerprint density at radius 1 is 1.09 bits per heavy atom. The van der Waals surface area contributed by atoms with Gasteiger partial charge < -0.3 is 15.2 Å². The minimum Gasteiger partial charge on any atom is -0.497 e. The molecule has 0 saturated carbocycles. The standard InChI is InChI=1S/C25H21Cl2N3O3/c1-33-19-10-8-18(9-11-19)30-14-22(28-24(30)20-12-7-17(26)13-21(20)27)25(32)29-23(15-31)16-5-3-2-4-6-16/h2-14,23,31H,15H2,1H3,(H,29,32)/t23-/m0/s1. The van der Waals surface area contributed by atoms with Crippen LogP contribution in [0.4, 0.5) is 0 Å². The van der Waals surface area contributed by atoms with Gasteiger partial charge in [-0.2, -0.15) is 0 Å². The molecule has 8 heteroatoms. The van der Waals surface area contributed by atoms with Crippen molar-refractivity contribution in [1.29, 1.82) is 0 Å². The molecule has 33 heavy (non-hydrogen) atoms. The van der Waals surface area contributed by atoms with E-state index in [0.29, 0.717) is 27.2 Å². The molecule has 3 aromatic carbocycles. The Kier molecular flexibility index (Phi) is 6.99. The molecule has 0 fully saturated rings. The predicted octanol–water partition coefficient (Wildman–Crippen LogP) is 5.32. The van der Waals surface area contributed by atoms with Crippen molar-refractivity contribution in [3.05, 3.63) is 100 Å². The molecule has 1 heterocycles. The first-order valence-corrected chi connectivity index (χ1v) is 10.9. The zero-order chi connectivity index (χ0) is 23.4. The summed E-state index contributed by atoms with van der Waals surface area (Å²) in [5.41, 5.74) is 2.37. The number of benzene rings is 3. The minimum atomic E-state index is -0.563. The SMILES string of the molecule is COc1ccc(-n2cc(C(=O)N[C@@H](CO)c3ccccc3)nc2-c2ccc(Cl)cc2Cl)cc1. The molecule has 4 aromatic rings. The number of carbonyl (C=O) groups excluding carboxylic acids is 1. The summed E-state index contributed by atoms with van der Waals surface area (Å²) < 4.78 is 7.02. The average molecular weight is 482 g/mol. The van der Waals surface area contributed by atoms with Gasteiger partial charge in [-0.25, -0.2) is 4.98 Å². The molecular weight excluding hydrogens is 461 g/mol. The van der Waals surface area contributed by atoms with Crippen molar-refractivity contribution >= 4 is 29.1 Å². The van der Waals surface area contributed by atoms with Crippen molar-refractivity contribution in [2.75, 3.05) is 13.7 Å². The normalized spacial score (nSPS) is 11.8. The van der Waals surface area contributed by atoms with E-state index < -0.39 is 11.9 Å². The van der Waals surface area contributed by atoms with Gasteiger partial charge in [0, 0.05) is 22.5 Å². The highest BCUT2D eigenvalue weighted by atomic mass is 35.5. The maximum atomic E-state index is 13.1. The zero-order valence-corrected chi connectivity index (χ0v) is 19.2. The summed E-state index contributed by atoms with van der Waals surface area (Å²) in [6, 6.07) is 21.2. The van der Waals surface area contributed by atoms with Gasteiger partial charge in [0.05, 0.1) is 24.8 Å². The number of nitrogens with one attached hydrogen (secondary N) is 1. The zero-order valence-electron chi connectivity index (χ0n) is 17.7. The van der Waals surface area contributed by atoms with E-state index in [2.05, 4.69) is 10.3 Å². The summed E-state index contributed by atoms with van der Waals surface area (Å²) in [4.78, 5) is 17.7. The lowest BCUT2D eigenvalue weighted by molar-refractivity contribution is 0.0911. The average Bonchev–Trinajstić information content (AvgIpc) is 3.28. The number of methoxy groups -OCH3 is 1. The fraction of sp³-hybridized carbons (Fsp3) is 0.120. The fourth-order valence-corrected chi connectivity index (χ4v) is 3.94. The van der Waals surface area contributed by atoms with Crippen LogP contribution in [0.5, 0.6) is 5.75 Å². The first kappa shape index (κ1) is 22.9. The van der Waals surface area contributed by atoms with Crippen LogP contribution < -0.4 is 10.1 Å². The van der Waals surface area contributed by atoms with Gasteiger partial charge in [0.1, 0.15) is 17.3 Å². The van der Waals surface area contributed by atoms with Crippen molar-refractivity contribution < 1.29 is 14.6 Å². The molecule has 0 saturated heterocycles. The third-order valence-corrected chi connectivity index (χ3v) is 5.70. The van der Waals surface area contributed by atoms with Crippen LogP contribution in [0.1, 0.15) is 22.1 Å². The van der Waals surface area contributed by atoms with Gasteiger partial charge in [0.15, 0.2) is 0 Å². The van der Waals surface area contributed by atoms with Crippen LogP contribution in [0.25, 0.3) is 17.1 Å². The monoisotopic (exact) mass is 481 g/mol. The van der Waals surface area contributed by atoms with Crippen LogP contribution in [0.3, 0.4) is 0 Å². The van der Waals surface area contributed by atoms with Crippen LogP contribution in [-0.2, 0) is 0 Å². The maximum absolute atomic E-state index is 13.1. The number of aromatic nitrogens is 2. The number of halogens is 2. The summed E-state index contributed by atoms with van der Waals surface area (Å²) in [6.07, 6.45) is 1.64. The molecular formula is C25H21Cl2N3O3. The number of ether oxygens (including phenoxy) is 1. The molecule has 1 atom stereocenters. The highest BCUT2D eigenvalue weighted by Gasteiger charge is 2.21. The summed E-state index contributed by atoms with van der Waals surface area (Å²) in [7, 11) is 1.60. The molecule has 0 spiro atoms. The topological polar surface area (TPSA) is 76.4 Å². The van der Waals surface area contributed by atoms with E-state index in [-0.39, 0.29) is 12.3 Å². The fourth-order valence-electron chi connectivity index (χ4n) is 3.44. The lowest BCUT2D eigenvalue weighted by Crippen LogP contribution is -2.31. The minimum absolute atomic E-state index is 0.182. The molecule has 1 aromatic heterocycles. The first-order valence-electron chi connectivity index (χ1n) is 10.2. The molecule has 0 aliphatic carbocycles. The molecule has 2 N–H and O–H groups in total. The lowest BCUT2D eigenvalue weighted by Gasteiger charge is -2.15. The number of amides is 1. The van der Waals surface area contributed by atoms with Gasteiger partial charge in [-0.05, 0) is 48.0 Å². The number of rotatable bonds is 7. The molecule has 4 rings (SSSR count). The quantitative estimate of drug-likeness (QED) is 0.374. The largest absolute Gasteiger partial charge is 0.497 e. The second-order valence-electron chi connectivity index (χ2n) is 7.26. The van der Waals surface area contributed by atoms with Crippen LogP contribution in [0.15, 0.2) is 79.0 Å². The van der Waals surface area contributed by atoms with Gasteiger partial charge in [-0.3, -0.25) is 9.36 Å². The van der Waals surface area contributed by atoms with E-state index >= 15 is 0 Å². The number of aliphatic hydroxyl groups excluding tert-OH is 1. The number of hydrogen-bond donors (Lipinski definition) is 2. The molecule has 0 aliphatic heterocycles. The van der Waals surface area contributed by atoms with Crippen LogP contribution in [-0.4, -0.2) is 34.3 Å². The number of imidazole rings is 1. The summed E-state index contributed by atoms with van der Waals surface area (Å²) in [5.74, 6) is 0.764. The lowest BCUT2D eigenvalue weighted by atomic mass is 10.1. The summed E-state index contributed by atoms with van der Waals surface area (Å²) >= 11 is 12.5. The van der Waals surface area contributed by atoms with Crippen molar-refractivity contribution in [3.8, 4) is 22.8 Å². The highest BCUT2D eigenvalue weighted by molar-refractivity contribution is 6.36. The summed E-state index contributed by atoms with van der Waals surface area (Å²) in [5, 5.41) is 13.6. The third-order valence-electron chi connectivity index (χ3n) is 5.15. The smallest absolute Gasteiger partial charge is 0.272 e. The van der Waals surface area contributed by atoms with E-state index in [1.54, 1.807) is 36.1 Å². The Morgan fingerprint density at radius 2 is 1.82 bits per heavy atom. The van der Waals surface area contributed by atoms with Gasteiger partial charge in [-0.1, -0.05) is 53.5 Å². The van der Waals surface area contributed by atoms with Crippen molar-refractivity contribution in [2.24, 2.45) is 0 Å². The van der Waals surface area contributed by atoms with Crippen molar-refractivity contribution in [1.82, 2.24) is 14.9 Å². The van der Waals surface area contributed by atoms with Gasteiger partial charge >= 0.3 is 0 Å². The van der Waals surface area contributed by atoms with Gasteiger partial charge in [-0.15, -0.1) is 0 Å². The van der Waals surface area contributed by atoms with E-state index in [0.717, 1.165) is 11.3 Å². The molecule has 0 unspecified atom stereocenters. The van der Waals surface area contributed by atoms with Crippen LogP contribution >= 0.6 is 23.2 Å². The van der Waals surface area contributed by atoms with Crippen molar-refractivity contribution in [2.45, 2.75) is 6.04 Å².